The molecule has 0 aliphatic heterocycles. The third kappa shape index (κ3) is 1.54. The molecular formula is C10H16O. The summed E-state index contributed by atoms with van der Waals surface area (Å²) in [6, 6.07) is 0. The highest BCUT2D eigenvalue weighted by molar-refractivity contribution is 5.27. The minimum atomic E-state index is -0.0382. The quantitative estimate of drug-likeness (QED) is 0.591. The van der Waals surface area contributed by atoms with E-state index in [1.54, 1.807) is 7.11 Å². The fourth-order valence-corrected chi connectivity index (χ4v) is 1.49. The lowest BCUT2D eigenvalue weighted by Gasteiger charge is -2.31. The van der Waals surface area contributed by atoms with E-state index in [1.165, 1.54) is 5.57 Å². The molecule has 1 heteroatoms. The Bertz CT molecular complexity index is 191. The van der Waals surface area contributed by atoms with Crippen LogP contribution in [0.15, 0.2) is 23.8 Å². The third-order valence-electron chi connectivity index (χ3n) is 2.45. The van der Waals surface area contributed by atoms with Crippen molar-refractivity contribution in [2.45, 2.75) is 32.3 Å². The fourth-order valence-electron chi connectivity index (χ4n) is 1.49. The van der Waals surface area contributed by atoms with Crippen molar-refractivity contribution in [3.8, 4) is 0 Å². The lowest BCUT2D eigenvalue weighted by Crippen LogP contribution is -2.30. The van der Waals surface area contributed by atoms with Gasteiger partial charge in [-0.15, -0.1) is 0 Å². The van der Waals surface area contributed by atoms with E-state index in [4.69, 9.17) is 4.74 Å². The molecule has 0 saturated heterocycles. The van der Waals surface area contributed by atoms with Crippen LogP contribution in [0, 0.1) is 0 Å². The molecule has 0 aromatic rings. The van der Waals surface area contributed by atoms with Crippen LogP contribution in [0.1, 0.15) is 26.7 Å². The van der Waals surface area contributed by atoms with Gasteiger partial charge in [-0.2, -0.15) is 0 Å². The summed E-state index contributed by atoms with van der Waals surface area (Å²) in [4.78, 5) is 0. The maximum absolute atomic E-state index is 5.46. The number of ether oxygens (including phenoxy) is 1. The predicted molar refractivity (Wildman–Crippen MR) is 47.5 cm³/mol. The predicted octanol–water partition coefficient (Wildman–Crippen LogP) is 2.69. The molecule has 1 aliphatic carbocycles. The van der Waals surface area contributed by atoms with Gasteiger partial charge in [0.25, 0.3) is 0 Å². The molecule has 62 valence electrons. The Kier molecular flexibility index (Phi) is 2.50. The molecule has 0 saturated carbocycles. The zero-order chi connectivity index (χ0) is 8.32. The summed E-state index contributed by atoms with van der Waals surface area (Å²) in [5, 5.41) is 0. The highest BCUT2D eigenvalue weighted by Crippen LogP contribution is 2.30. The van der Waals surface area contributed by atoms with Crippen molar-refractivity contribution in [2.75, 3.05) is 7.11 Å². The number of methoxy groups -OCH3 is 1. The number of hydrogen-bond donors (Lipinski definition) is 0. The maximum atomic E-state index is 5.46. The van der Waals surface area contributed by atoms with E-state index in [9.17, 15) is 0 Å². The van der Waals surface area contributed by atoms with Crippen molar-refractivity contribution in [3.63, 3.8) is 0 Å². The zero-order valence-corrected chi connectivity index (χ0v) is 7.55. The number of allylic oxidation sites excluding steroid dienone is 2. The monoisotopic (exact) mass is 152 g/mol. The van der Waals surface area contributed by atoms with Gasteiger partial charge >= 0.3 is 0 Å². The highest BCUT2D eigenvalue weighted by atomic mass is 16.5. The fraction of sp³-hybridized carbons (Fsp3) is 0.600. The topological polar surface area (TPSA) is 9.23 Å². The summed E-state index contributed by atoms with van der Waals surface area (Å²) in [5.74, 6) is 0. The molecule has 1 nitrogen and oxygen atoms in total. The summed E-state index contributed by atoms with van der Waals surface area (Å²) >= 11 is 0. The van der Waals surface area contributed by atoms with Gasteiger partial charge < -0.3 is 4.74 Å². The van der Waals surface area contributed by atoms with Gasteiger partial charge in [0, 0.05) is 7.11 Å². The first-order valence-corrected chi connectivity index (χ1v) is 4.14. The van der Waals surface area contributed by atoms with Gasteiger partial charge in [-0.1, -0.05) is 25.2 Å². The Morgan fingerprint density at radius 3 is 2.82 bits per heavy atom. The van der Waals surface area contributed by atoms with E-state index in [-0.39, 0.29) is 5.60 Å². The smallest absolute Gasteiger partial charge is 0.0897 e. The molecule has 0 aromatic heterocycles. The Morgan fingerprint density at radius 2 is 2.36 bits per heavy atom. The van der Waals surface area contributed by atoms with Crippen LogP contribution in [0.25, 0.3) is 0 Å². The summed E-state index contributed by atoms with van der Waals surface area (Å²) < 4.78 is 5.46. The molecule has 0 N–H and O–H groups in total. The van der Waals surface area contributed by atoms with Crippen LogP contribution in [0.3, 0.4) is 0 Å². The molecule has 0 radical (unpaired) electrons. The van der Waals surface area contributed by atoms with Crippen LogP contribution in [-0.2, 0) is 4.74 Å². The van der Waals surface area contributed by atoms with Crippen molar-refractivity contribution in [1.29, 1.82) is 0 Å². The molecule has 0 fully saturated rings. The van der Waals surface area contributed by atoms with E-state index in [2.05, 4.69) is 32.1 Å². The lowest BCUT2D eigenvalue weighted by atomic mass is 9.87. The molecule has 0 spiro atoms. The van der Waals surface area contributed by atoms with E-state index in [0.717, 1.165) is 12.8 Å². The van der Waals surface area contributed by atoms with Crippen LogP contribution >= 0.6 is 0 Å². The second-order valence-electron chi connectivity index (χ2n) is 3.11. The second-order valence-corrected chi connectivity index (χ2v) is 3.11. The summed E-state index contributed by atoms with van der Waals surface area (Å²) in [6.45, 7) is 4.31. The first-order valence-electron chi connectivity index (χ1n) is 4.14. The molecule has 0 bridgehead atoms. The average molecular weight is 152 g/mol. The summed E-state index contributed by atoms with van der Waals surface area (Å²) in [5.41, 5.74) is 1.35. The minimum absolute atomic E-state index is 0.0382. The largest absolute Gasteiger partial charge is 0.374 e. The van der Waals surface area contributed by atoms with Gasteiger partial charge in [-0.3, -0.25) is 0 Å². The molecule has 1 unspecified atom stereocenters. The number of rotatable bonds is 2. The molecule has 1 rings (SSSR count). The highest BCUT2D eigenvalue weighted by Gasteiger charge is 2.26. The van der Waals surface area contributed by atoms with Gasteiger partial charge in [-0.05, 0) is 25.3 Å². The number of hydrogen-bond acceptors (Lipinski definition) is 1. The summed E-state index contributed by atoms with van der Waals surface area (Å²) in [7, 11) is 1.78. The standard InChI is InChI=1S/C10H16O/c1-4-9-7-5-6-8-10(9,2)11-3/h5-7H,4,8H2,1-3H3. The Labute approximate surface area is 68.8 Å². The normalized spacial score (nSPS) is 30.3. The van der Waals surface area contributed by atoms with Crippen LogP contribution < -0.4 is 0 Å². The van der Waals surface area contributed by atoms with Gasteiger partial charge in [-0.25, -0.2) is 0 Å². The van der Waals surface area contributed by atoms with Gasteiger partial charge in [0.2, 0.25) is 0 Å². The van der Waals surface area contributed by atoms with Crippen LogP contribution in [0.5, 0.6) is 0 Å². The summed E-state index contributed by atoms with van der Waals surface area (Å²) in [6.07, 6.45) is 8.51. The maximum Gasteiger partial charge on any atom is 0.0897 e. The Balaban J connectivity index is 2.82. The van der Waals surface area contributed by atoms with E-state index in [1.807, 2.05) is 0 Å². The lowest BCUT2D eigenvalue weighted by molar-refractivity contribution is 0.0375. The van der Waals surface area contributed by atoms with Gasteiger partial charge in [0.05, 0.1) is 5.60 Å². The van der Waals surface area contributed by atoms with E-state index < -0.39 is 0 Å². The first-order chi connectivity index (χ1) is 5.23. The van der Waals surface area contributed by atoms with Crippen molar-refractivity contribution in [1.82, 2.24) is 0 Å². The molecule has 11 heavy (non-hydrogen) atoms. The second kappa shape index (κ2) is 3.22. The first kappa shape index (κ1) is 8.54. The van der Waals surface area contributed by atoms with Crippen molar-refractivity contribution in [3.05, 3.63) is 23.8 Å². The molecule has 0 aromatic carbocycles. The SMILES string of the molecule is CCC1=CC=CCC1(C)OC. The van der Waals surface area contributed by atoms with Crippen molar-refractivity contribution < 1.29 is 4.74 Å². The third-order valence-corrected chi connectivity index (χ3v) is 2.45. The Hall–Kier alpha value is -0.560. The van der Waals surface area contributed by atoms with Crippen molar-refractivity contribution in [2.24, 2.45) is 0 Å². The van der Waals surface area contributed by atoms with Gasteiger partial charge in [0.1, 0.15) is 0 Å². The molecule has 0 amide bonds. The zero-order valence-electron chi connectivity index (χ0n) is 7.55. The average Bonchev–Trinajstić information content (AvgIpc) is 2.05. The van der Waals surface area contributed by atoms with Crippen LogP contribution in [-0.4, -0.2) is 12.7 Å². The molecule has 1 atom stereocenters. The molecular weight excluding hydrogens is 136 g/mol. The van der Waals surface area contributed by atoms with E-state index in [0.29, 0.717) is 0 Å². The Morgan fingerprint density at radius 1 is 1.64 bits per heavy atom. The minimum Gasteiger partial charge on any atom is -0.374 e. The molecule has 0 heterocycles. The van der Waals surface area contributed by atoms with Crippen LogP contribution in [0.4, 0.5) is 0 Å². The van der Waals surface area contributed by atoms with Gasteiger partial charge in [0.15, 0.2) is 0 Å². The van der Waals surface area contributed by atoms with E-state index >= 15 is 0 Å². The van der Waals surface area contributed by atoms with Crippen molar-refractivity contribution >= 4 is 0 Å². The molecule has 1 aliphatic rings. The van der Waals surface area contributed by atoms with Crippen LogP contribution in [0.2, 0.25) is 0 Å².